The van der Waals surface area contributed by atoms with Crippen LogP contribution in [0.5, 0.6) is 17.2 Å². The third-order valence-electron chi connectivity index (χ3n) is 5.69. The van der Waals surface area contributed by atoms with E-state index in [4.69, 9.17) is 9.47 Å². The van der Waals surface area contributed by atoms with Crippen LogP contribution in [-0.2, 0) is 9.59 Å². The lowest BCUT2D eigenvalue weighted by molar-refractivity contribution is -0.140. The Morgan fingerprint density at radius 3 is 1.88 bits per heavy atom. The van der Waals surface area contributed by atoms with Crippen molar-refractivity contribution >= 4 is 22.6 Å². The minimum Gasteiger partial charge on any atom is -0.508 e. The first kappa shape index (κ1) is 22.5. The highest BCUT2D eigenvalue weighted by atomic mass is 16.5. The Labute approximate surface area is 193 Å². The van der Waals surface area contributed by atoms with Crippen LogP contribution in [0.2, 0.25) is 0 Å². The van der Waals surface area contributed by atoms with E-state index in [0.717, 1.165) is 16.5 Å². The van der Waals surface area contributed by atoms with E-state index in [1.807, 2.05) is 36.4 Å². The maximum absolute atomic E-state index is 12.5. The second kappa shape index (κ2) is 10.7. The number of phenols is 1. The number of amides is 2. The number of fused-ring (bicyclic) bond motifs is 1. The summed E-state index contributed by atoms with van der Waals surface area (Å²) in [5, 5.41) is 11.7. The number of ether oxygens (including phenoxy) is 2. The molecule has 1 fully saturated rings. The summed E-state index contributed by atoms with van der Waals surface area (Å²) >= 11 is 0. The van der Waals surface area contributed by atoms with Crippen LogP contribution in [-0.4, -0.2) is 66.1 Å². The maximum atomic E-state index is 12.5. The Hall–Kier alpha value is -3.74. The average Bonchev–Trinajstić information content (AvgIpc) is 2.84. The van der Waals surface area contributed by atoms with Crippen LogP contribution >= 0.6 is 0 Å². The van der Waals surface area contributed by atoms with Crippen LogP contribution in [0, 0.1) is 0 Å². The largest absolute Gasteiger partial charge is 0.508 e. The third-order valence-corrected chi connectivity index (χ3v) is 5.69. The highest BCUT2D eigenvalue weighted by Gasteiger charge is 2.23. The molecule has 0 spiro atoms. The molecule has 0 aliphatic carbocycles. The number of hydrogen-bond donors (Lipinski definition) is 1. The van der Waals surface area contributed by atoms with Gasteiger partial charge in [0.1, 0.15) is 17.2 Å². The van der Waals surface area contributed by atoms with Crippen molar-refractivity contribution in [2.75, 3.05) is 39.4 Å². The zero-order valence-corrected chi connectivity index (χ0v) is 18.5. The summed E-state index contributed by atoms with van der Waals surface area (Å²) in [5.74, 6) is 1.45. The fourth-order valence-electron chi connectivity index (χ4n) is 3.86. The second-order valence-corrected chi connectivity index (χ2v) is 7.96. The smallest absolute Gasteiger partial charge is 0.226 e. The third kappa shape index (κ3) is 6.16. The van der Waals surface area contributed by atoms with Gasteiger partial charge in [-0.1, -0.05) is 36.4 Å². The van der Waals surface area contributed by atoms with E-state index in [-0.39, 0.29) is 30.6 Å². The molecule has 0 aromatic heterocycles. The zero-order valence-electron chi connectivity index (χ0n) is 18.5. The van der Waals surface area contributed by atoms with Gasteiger partial charge < -0.3 is 24.4 Å². The van der Waals surface area contributed by atoms with E-state index in [9.17, 15) is 14.7 Å². The topological polar surface area (TPSA) is 79.3 Å². The van der Waals surface area contributed by atoms with Crippen molar-refractivity contribution in [2.45, 2.75) is 12.8 Å². The molecule has 4 rings (SSSR count). The predicted octanol–water partition coefficient (Wildman–Crippen LogP) is 3.45. The molecule has 1 aliphatic rings. The Morgan fingerprint density at radius 2 is 1.27 bits per heavy atom. The summed E-state index contributed by atoms with van der Waals surface area (Å²) in [4.78, 5) is 28.5. The van der Waals surface area contributed by atoms with E-state index in [0.29, 0.717) is 45.0 Å². The molecule has 0 bridgehead atoms. The molecule has 1 aliphatic heterocycles. The van der Waals surface area contributed by atoms with E-state index < -0.39 is 0 Å². The summed E-state index contributed by atoms with van der Waals surface area (Å²) < 4.78 is 11.3. The number of phenolic OH excluding ortho intramolecular Hbond substituents is 1. The number of carbonyl (C=O) groups excluding carboxylic acids is 2. The summed E-state index contributed by atoms with van der Waals surface area (Å²) in [6.07, 6.45) is 0.557. The van der Waals surface area contributed by atoms with E-state index in [1.54, 1.807) is 28.0 Å². The molecule has 1 saturated heterocycles. The Kier molecular flexibility index (Phi) is 7.29. The molecule has 1 heterocycles. The molecule has 33 heavy (non-hydrogen) atoms. The van der Waals surface area contributed by atoms with E-state index >= 15 is 0 Å². The Morgan fingerprint density at radius 1 is 0.697 bits per heavy atom. The van der Waals surface area contributed by atoms with Crippen molar-refractivity contribution in [3.63, 3.8) is 0 Å². The highest BCUT2D eigenvalue weighted by Crippen LogP contribution is 2.21. The summed E-state index contributed by atoms with van der Waals surface area (Å²) in [6, 6.07) is 20.5. The molecular formula is C26H28N2O5. The monoisotopic (exact) mass is 448 g/mol. The first-order chi connectivity index (χ1) is 16.1. The zero-order chi connectivity index (χ0) is 23.0. The Bertz CT molecular complexity index is 1110. The molecule has 7 nitrogen and oxygen atoms in total. The molecule has 3 aromatic carbocycles. The van der Waals surface area contributed by atoms with Crippen LogP contribution in [0.25, 0.3) is 10.8 Å². The standard InChI is InChI=1S/C26H28N2O5/c29-22-6-3-7-23(19-22)32-16-10-25(30)27-12-14-28(15-13-27)26(31)11-17-33-24-9-8-20-4-1-2-5-21(20)18-24/h1-9,18-19,29H,10-17H2. The quantitative estimate of drug-likeness (QED) is 0.571. The lowest BCUT2D eigenvalue weighted by Crippen LogP contribution is -2.51. The first-order valence-electron chi connectivity index (χ1n) is 11.2. The van der Waals surface area contributed by atoms with Crippen LogP contribution < -0.4 is 9.47 Å². The van der Waals surface area contributed by atoms with Crippen LogP contribution in [0.3, 0.4) is 0 Å². The van der Waals surface area contributed by atoms with Crippen molar-refractivity contribution in [3.8, 4) is 17.2 Å². The lowest BCUT2D eigenvalue weighted by Gasteiger charge is -2.35. The predicted molar refractivity (Wildman–Crippen MR) is 125 cm³/mol. The van der Waals surface area contributed by atoms with Crippen molar-refractivity contribution in [1.82, 2.24) is 9.80 Å². The molecule has 7 heteroatoms. The summed E-state index contributed by atoms with van der Waals surface area (Å²) in [6.45, 7) is 2.64. The molecule has 3 aromatic rings. The van der Waals surface area contributed by atoms with E-state index in [2.05, 4.69) is 6.07 Å². The molecule has 0 atom stereocenters. The number of nitrogens with zero attached hydrogens (tertiary/aromatic N) is 2. The number of aromatic hydroxyl groups is 1. The molecule has 0 unspecified atom stereocenters. The molecule has 2 amide bonds. The van der Waals surface area contributed by atoms with Crippen LogP contribution in [0.1, 0.15) is 12.8 Å². The summed E-state index contributed by atoms with van der Waals surface area (Å²) in [5.41, 5.74) is 0. The number of hydrogen-bond acceptors (Lipinski definition) is 5. The van der Waals surface area contributed by atoms with Gasteiger partial charge in [0, 0.05) is 32.2 Å². The number of rotatable bonds is 8. The minimum absolute atomic E-state index is 0.00175. The van der Waals surface area contributed by atoms with Gasteiger partial charge >= 0.3 is 0 Å². The number of piperazine rings is 1. The normalized spacial score (nSPS) is 13.7. The van der Waals surface area contributed by atoms with Gasteiger partial charge in [-0.2, -0.15) is 0 Å². The average molecular weight is 449 g/mol. The fraction of sp³-hybridized carbons (Fsp3) is 0.308. The molecule has 0 radical (unpaired) electrons. The van der Waals surface area contributed by atoms with Crippen molar-refractivity contribution in [2.24, 2.45) is 0 Å². The number of benzene rings is 3. The van der Waals surface area contributed by atoms with Crippen molar-refractivity contribution in [3.05, 3.63) is 66.7 Å². The second-order valence-electron chi connectivity index (χ2n) is 7.96. The van der Waals surface area contributed by atoms with Crippen molar-refractivity contribution in [1.29, 1.82) is 0 Å². The SMILES string of the molecule is O=C(CCOc1cccc(O)c1)N1CCN(C(=O)CCOc2ccc3ccccc3c2)CC1. The van der Waals surface area contributed by atoms with Crippen LogP contribution in [0.4, 0.5) is 0 Å². The lowest BCUT2D eigenvalue weighted by atomic mass is 10.1. The van der Waals surface area contributed by atoms with Gasteiger partial charge in [-0.05, 0) is 35.0 Å². The summed E-state index contributed by atoms with van der Waals surface area (Å²) in [7, 11) is 0. The van der Waals surface area contributed by atoms with Crippen LogP contribution in [0.15, 0.2) is 66.7 Å². The maximum Gasteiger partial charge on any atom is 0.226 e. The number of carbonyl (C=O) groups is 2. The highest BCUT2D eigenvalue weighted by molar-refractivity contribution is 5.83. The minimum atomic E-state index is 0.00175. The first-order valence-corrected chi connectivity index (χ1v) is 11.2. The Balaban J connectivity index is 1.15. The van der Waals surface area contributed by atoms with Gasteiger partial charge in [-0.25, -0.2) is 0 Å². The van der Waals surface area contributed by atoms with Gasteiger partial charge in [0.25, 0.3) is 0 Å². The van der Waals surface area contributed by atoms with Gasteiger partial charge in [-0.15, -0.1) is 0 Å². The fourth-order valence-corrected chi connectivity index (χ4v) is 3.86. The van der Waals surface area contributed by atoms with E-state index in [1.165, 1.54) is 6.07 Å². The van der Waals surface area contributed by atoms with Gasteiger partial charge in [0.15, 0.2) is 0 Å². The van der Waals surface area contributed by atoms with Crippen molar-refractivity contribution < 1.29 is 24.2 Å². The van der Waals surface area contributed by atoms with Gasteiger partial charge in [-0.3, -0.25) is 9.59 Å². The molecule has 1 N–H and O–H groups in total. The molecule has 172 valence electrons. The van der Waals surface area contributed by atoms with Gasteiger partial charge in [0.05, 0.1) is 26.1 Å². The molecular weight excluding hydrogens is 420 g/mol. The molecule has 0 saturated carbocycles. The van der Waals surface area contributed by atoms with Gasteiger partial charge in [0.2, 0.25) is 11.8 Å².